The van der Waals surface area contributed by atoms with Crippen LogP contribution >= 0.6 is 22.9 Å². The van der Waals surface area contributed by atoms with E-state index in [1.54, 1.807) is 22.6 Å². The summed E-state index contributed by atoms with van der Waals surface area (Å²) in [5.41, 5.74) is 1.89. The van der Waals surface area contributed by atoms with Gasteiger partial charge in [-0.15, -0.1) is 11.3 Å². The Morgan fingerprint density at radius 2 is 2.22 bits per heavy atom. The molecule has 0 fully saturated rings. The molecule has 0 radical (unpaired) electrons. The highest BCUT2D eigenvalue weighted by Crippen LogP contribution is 2.22. The number of hydrogen-bond acceptors (Lipinski definition) is 6. The quantitative estimate of drug-likeness (QED) is 0.279. The standard InChI is InChI=1S/C18H14ClN3O4S/c19-16-13(21-9-11-27-17(21)20-16)6-7-15(23)25-10-3-8-22-12-4-1-2-5-14(12)26-18(22)24/h1-2,4-7,9,11H,3,8,10H2/b7-6+. The molecule has 9 heteroatoms. The second-order valence-electron chi connectivity index (χ2n) is 5.69. The molecule has 0 N–H and O–H groups in total. The summed E-state index contributed by atoms with van der Waals surface area (Å²) in [7, 11) is 0. The Hall–Kier alpha value is -2.84. The summed E-state index contributed by atoms with van der Waals surface area (Å²) >= 11 is 7.52. The number of oxazole rings is 1. The van der Waals surface area contributed by atoms with Gasteiger partial charge >= 0.3 is 11.7 Å². The van der Waals surface area contributed by atoms with Crippen molar-refractivity contribution in [2.75, 3.05) is 6.61 Å². The van der Waals surface area contributed by atoms with Crippen molar-refractivity contribution in [3.8, 4) is 0 Å². The zero-order valence-corrected chi connectivity index (χ0v) is 15.6. The number of thiazole rings is 1. The zero-order valence-electron chi connectivity index (χ0n) is 14.0. The molecule has 0 unspecified atom stereocenters. The van der Waals surface area contributed by atoms with E-state index in [9.17, 15) is 9.59 Å². The highest BCUT2D eigenvalue weighted by molar-refractivity contribution is 7.15. The molecule has 0 aliphatic carbocycles. The normalized spacial score (nSPS) is 11.7. The predicted molar refractivity (Wildman–Crippen MR) is 103 cm³/mol. The molecule has 3 heterocycles. The van der Waals surface area contributed by atoms with Crippen LogP contribution in [0.4, 0.5) is 0 Å². The van der Waals surface area contributed by atoms with E-state index in [2.05, 4.69) is 4.98 Å². The second-order valence-corrected chi connectivity index (χ2v) is 6.92. The third kappa shape index (κ3) is 3.54. The molecule has 0 amide bonds. The lowest BCUT2D eigenvalue weighted by Crippen LogP contribution is -2.15. The topological polar surface area (TPSA) is 78.7 Å². The highest BCUT2D eigenvalue weighted by atomic mass is 35.5. The Kier molecular flexibility index (Phi) is 4.83. The maximum absolute atomic E-state index is 11.9. The van der Waals surface area contributed by atoms with E-state index in [1.165, 1.54) is 22.0 Å². The molecule has 27 heavy (non-hydrogen) atoms. The van der Waals surface area contributed by atoms with Crippen LogP contribution in [0.5, 0.6) is 0 Å². The average Bonchev–Trinajstić information content (AvgIpc) is 3.30. The van der Waals surface area contributed by atoms with E-state index >= 15 is 0 Å². The molecule has 0 saturated carbocycles. The third-order valence-corrected chi connectivity index (χ3v) is 5.01. The summed E-state index contributed by atoms with van der Waals surface area (Å²) in [6.45, 7) is 0.583. The smallest absolute Gasteiger partial charge is 0.419 e. The molecule has 0 atom stereocenters. The summed E-state index contributed by atoms with van der Waals surface area (Å²) in [5.74, 6) is -0.904. The molecule has 4 rings (SSSR count). The Bertz CT molecular complexity index is 1200. The number of halogens is 1. The van der Waals surface area contributed by atoms with Gasteiger partial charge in [0, 0.05) is 24.2 Å². The summed E-state index contributed by atoms with van der Waals surface area (Å²) in [4.78, 5) is 28.7. The van der Waals surface area contributed by atoms with Gasteiger partial charge in [-0.05, 0) is 24.6 Å². The van der Waals surface area contributed by atoms with Crippen LogP contribution in [0.2, 0.25) is 5.15 Å². The van der Waals surface area contributed by atoms with Crippen LogP contribution in [0.1, 0.15) is 12.1 Å². The lowest BCUT2D eigenvalue weighted by atomic mass is 10.3. The number of esters is 1. The van der Waals surface area contributed by atoms with Crippen molar-refractivity contribution in [3.05, 3.63) is 63.3 Å². The van der Waals surface area contributed by atoms with Crippen molar-refractivity contribution < 1.29 is 13.9 Å². The molecule has 0 aliphatic rings. The van der Waals surface area contributed by atoms with Gasteiger partial charge in [0.15, 0.2) is 15.7 Å². The van der Waals surface area contributed by atoms with Crippen LogP contribution in [0.25, 0.3) is 22.1 Å². The zero-order chi connectivity index (χ0) is 18.8. The number of benzene rings is 1. The SMILES string of the molecule is O=C(/C=C/c1c(Cl)nc2sccn12)OCCCn1c(=O)oc2ccccc21. The first-order valence-corrected chi connectivity index (χ1v) is 9.43. The molecule has 0 aliphatic heterocycles. The van der Waals surface area contributed by atoms with Crippen molar-refractivity contribution >= 4 is 51.0 Å². The number of fused-ring (bicyclic) bond motifs is 2. The monoisotopic (exact) mass is 403 g/mol. The van der Waals surface area contributed by atoms with Crippen LogP contribution in [-0.4, -0.2) is 26.5 Å². The van der Waals surface area contributed by atoms with E-state index < -0.39 is 11.7 Å². The predicted octanol–water partition coefficient (Wildman–Crippen LogP) is 3.60. The summed E-state index contributed by atoms with van der Waals surface area (Å²) in [6, 6.07) is 7.20. The van der Waals surface area contributed by atoms with Gasteiger partial charge in [-0.1, -0.05) is 23.7 Å². The first kappa shape index (κ1) is 17.6. The largest absolute Gasteiger partial charge is 0.462 e. The summed E-state index contributed by atoms with van der Waals surface area (Å²) in [6.07, 6.45) is 5.21. The van der Waals surface area contributed by atoms with Gasteiger partial charge < -0.3 is 9.15 Å². The molecule has 7 nitrogen and oxygen atoms in total. The van der Waals surface area contributed by atoms with Crippen LogP contribution in [0, 0.1) is 0 Å². The number of aryl methyl sites for hydroxylation is 1. The van der Waals surface area contributed by atoms with Gasteiger partial charge in [0.05, 0.1) is 17.8 Å². The first-order chi connectivity index (χ1) is 13.1. The van der Waals surface area contributed by atoms with Crippen molar-refractivity contribution in [1.82, 2.24) is 14.0 Å². The lowest BCUT2D eigenvalue weighted by molar-refractivity contribution is -0.137. The lowest BCUT2D eigenvalue weighted by Gasteiger charge is -2.03. The number of para-hydroxylation sites is 2. The van der Waals surface area contributed by atoms with Gasteiger partial charge in [0.2, 0.25) is 0 Å². The van der Waals surface area contributed by atoms with Crippen molar-refractivity contribution in [2.24, 2.45) is 0 Å². The van der Waals surface area contributed by atoms with Crippen LogP contribution < -0.4 is 5.76 Å². The van der Waals surface area contributed by atoms with Crippen molar-refractivity contribution in [2.45, 2.75) is 13.0 Å². The van der Waals surface area contributed by atoms with E-state index in [0.29, 0.717) is 29.4 Å². The van der Waals surface area contributed by atoms with Gasteiger partial charge in [0.1, 0.15) is 0 Å². The van der Waals surface area contributed by atoms with Crippen LogP contribution in [0.15, 0.2) is 51.1 Å². The number of ether oxygens (including phenoxy) is 1. The first-order valence-electron chi connectivity index (χ1n) is 8.18. The van der Waals surface area contributed by atoms with E-state index in [-0.39, 0.29) is 6.61 Å². The Morgan fingerprint density at radius 1 is 1.37 bits per heavy atom. The number of carbonyl (C=O) groups excluding carboxylic acids is 1. The van der Waals surface area contributed by atoms with Crippen molar-refractivity contribution in [1.29, 1.82) is 0 Å². The summed E-state index contributed by atoms with van der Waals surface area (Å²) < 4.78 is 13.7. The van der Waals surface area contributed by atoms with Gasteiger partial charge in [-0.25, -0.2) is 14.6 Å². The highest BCUT2D eigenvalue weighted by Gasteiger charge is 2.10. The minimum absolute atomic E-state index is 0.184. The number of imidazole rings is 1. The minimum Gasteiger partial charge on any atom is -0.462 e. The fourth-order valence-electron chi connectivity index (χ4n) is 2.74. The summed E-state index contributed by atoms with van der Waals surface area (Å²) in [5, 5.41) is 2.22. The number of hydrogen-bond donors (Lipinski definition) is 0. The van der Waals surface area contributed by atoms with Crippen molar-refractivity contribution in [3.63, 3.8) is 0 Å². The van der Waals surface area contributed by atoms with Gasteiger partial charge in [-0.2, -0.15) is 0 Å². The Balaban J connectivity index is 1.33. The average molecular weight is 404 g/mol. The molecule has 3 aromatic heterocycles. The van der Waals surface area contributed by atoms with Gasteiger partial charge in [-0.3, -0.25) is 8.97 Å². The number of aromatic nitrogens is 3. The second kappa shape index (κ2) is 7.42. The van der Waals surface area contributed by atoms with Crippen LogP contribution in [-0.2, 0) is 16.1 Å². The Labute approximate surface area is 162 Å². The number of rotatable bonds is 6. The molecule has 0 saturated heterocycles. The molecule has 138 valence electrons. The van der Waals surface area contributed by atoms with Crippen LogP contribution in [0.3, 0.4) is 0 Å². The fourth-order valence-corrected chi connectivity index (χ4v) is 3.75. The molecule has 4 aromatic rings. The molecular formula is C18H14ClN3O4S. The molecule has 0 bridgehead atoms. The third-order valence-electron chi connectivity index (χ3n) is 3.98. The fraction of sp³-hybridized carbons (Fsp3) is 0.167. The maximum atomic E-state index is 11.9. The molecule has 1 aromatic carbocycles. The van der Waals surface area contributed by atoms with Gasteiger partial charge in [0.25, 0.3) is 0 Å². The maximum Gasteiger partial charge on any atom is 0.419 e. The Morgan fingerprint density at radius 3 is 3.11 bits per heavy atom. The van der Waals surface area contributed by atoms with E-state index in [4.69, 9.17) is 20.8 Å². The number of carbonyl (C=O) groups is 1. The molecular weight excluding hydrogens is 390 g/mol. The number of nitrogens with zero attached hydrogens (tertiary/aromatic N) is 3. The molecule has 0 spiro atoms. The minimum atomic E-state index is -0.486. The van der Waals surface area contributed by atoms with E-state index in [1.807, 2.05) is 23.7 Å². The van der Waals surface area contributed by atoms with E-state index in [0.717, 1.165) is 10.5 Å².